The highest BCUT2D eigenvalue weighted by atomic mass is 16.5. The van der Waals surface area contributed by atoms with Crippen LogP contribution in [-0.4, -0.2) is 54.5 Å². The van der Waals surface area contributed by atoms with Crippen LogP contribution < -0.4 is 5.32 Å². The van der Waals surface area contributed by atoms with E-state index in [9.17, 15) is 14.4 Å². The van der Waals surface area contributed by atoms with Gasteiger partial charge in [0.15, 0.2) is 0 Å². The van der Waals surface area contributed by atoms with Crippen LogP contribution in [0, 0.1) is 0 Å². The third-order valence-corrected chi connectivity index (χ3v) is 6.08. The van der Waals surface area contributed by atoms with Crippen LogP contribution in [0.4, 0.5) is 4.79 Å². The highest BCUT2D eigenvalue weighted by molar-refractivity contribution is 6.09. The minimum absolute atomic E-state index is 0.287. The van der Waals surface area contributed by atoms with Crippen LogP contribution in [0.5, 0.6) is 0 Å². The van der Waals surface area contributed by atoms with E-state index < -0.39 is 11.6 Å². The molecule has 31 heavy (non-hydrogen) atoms. The summed E-state index contributed by atoms with van der Waals surface area (Å²) in [7, 11) is 1.58. The fourth-order valence-electron chi connectivity index (χ4n) is 4.49. The lowest BCUT2D eigenvalue weighted by molar-refractivity contribution is -0.140. The molecular formula is C24H27N3O4. The largest absolute Gasteiger partial charge is 0.383 e. The third-order valence-electron chi connectivity index (χ3n) is 6.08. The van der Waals surface area contributed by atoms with Crippen molar-refractivity contribution in [3.05, 3.63) is 71.3 Å². The van der Waals surface area contributed by atoms with E-state index in [2.05, 4.69) is 5.32 Å². The first kappa shape index (κ1) is 21.1. The molecule has 0 bridgehead atoms. The Morgan fingerprint density at radius 2 is 1.87 bits per heavy atom. The summed E-state index contributed by atoms with van der Waals surface area (Å²) in [6.45, 7) is 0.851. The molecule has 162 valence electrons. The Labute approximate surface area is 182 Å². The summed E-state index contributed by atoms with van der Waals surface area (Å²) in [6, 6.07) is 16.8. The van der Waals surface area contributed by atoms with Gasteiger partial charge in [0.2, 0.25) is 5.91 Å². The molecule has 0 aromatic heterocycles. The molecule has 2 aromatic rings. The predicted octanol–water partition coefficient (Wildman–Crippen LogP) is 2.45. The molecule has 4 amide bonds. The molecule has 1 fully saturated rings. The van der Waals surface area contributed by atoms with Crippen molar-refractivity contribution >= 4 is 17.8 Å². The number of rotatable bonds is 7. The van der Waals surface area contributed by atoms with Gasteiger partial charge in [0.25, 0.3) is 5.91 Å². The topological polar surface area (TPSA) is 79.0 Å². The Bertz CT molecular complexity index is 978. The lowest BCUT2D eigenvalue weighted by atomic mass is 9.76. The zero-order valence-electron chi connectivity index (χ0n) is 17.7. The lowest BCUT2D eigenvalue weighted by Gasteiger charge is -2.33. The van der Waals surface area contributed by atoms with Gasteiger partial charge in [-0.15, -0.1) is 0 Å². The number of hydrogen-bond donors (Lipinski definition) is 1. The third kappa shape index (κ3) is 4.05. The highest BCUT2D eigenvalue weighted by Crippen LogP contribution is 2.39. The number of amides is 4. The summed E-state index contributed by atoms with van der Waals surface area (Å²) >= 11 is 0. The molecule has 2 aliphatic rings. The van der Waals surface area contributed by atoms with E-state index in [-0.39, 0.29) is 18.4 Å². The number of imide groups is 1. The van der Waals surface area contributed by atoms with Crippen molar-refractivity contribution in [1.82, 2.24) is 15.1 Å². The van der Waals surface area contributed by atoms with Crippen LogP contribution in [-0.2, 0) is 32.8 Å². The van der Waals surface area contributed by atoms with E-state index in [0.29, 0.717) is 26.1 Å². The molecule has 0 radical (unpaired) electrons. The van der Waals surface area contributed by atoms with E-state index in [1.54, 1.807) is 12.0 Å². The summed E-state index contributed by atoms with van der Waals surface area (Å²) < 4.78 is 5.15. The number of carbonyl (C=O) groups excluding carboxylic acids is 3. The maximum atomic E-state index is 13.4. The van der Waals surface area contributed by atoms with Crippen LogP contribution in [0.1, 0.15) is 29.5 Å². The molecule has 0 saturated carbocycles. The van der Waals surface area contributed by atoms with Gasteiger partial charge >= 0.3 is 6.03 Å². The summed E-state index contributed by atoms with van der Waals surface area (Å²) in [4.78, 5) is 42.0. The lowest BCUT2D eigenvalue weighted by Crippen LogP contribution is -2.47. The normalized spacial score (nSPS) is 20.0. The van der Waals surface area contributed by atoms with Gasteiger partial charge < -0.3 is 15.0 Å². The Kier molecular flexibility index (Phi) is 6.04. The zero-order valence-corrected chi connectivity index (χ0v) is 17.7. The van der Waals surface area contributed by atoms with Gasteiger partial charge in [-0.25, -0.2) is 4.79 Å². The van der Waals surface area contributed by atoms with Crippen molar-refractivity contribution in [2.24, 2.45) is 0 Å². The number of nitrogens with zero attached hydrogens (tertiary/aromatic N) is 2. The molecule has 1 atom stereocenters. The molecular weight excluding hydrogens is 394 g/mol. The van der Waals surface area contributed by atoms with Crippen LogP contribution in [0.25, 0.3) is 0 Å². The monoisotopic (exact) mass is 421 g/mol. The average molecular weight is 421 g/mol. The smallest absolute Gasteiger partial charge is 0.325 e. The number of hydrogen-bond acceptors (Lipinski definition) is 4. The summed E-state index contributed by atoms with van der Waals surface area (Å²) in [5.74, 6) is -0.630. The minimum Gasteiger partial charge on any atom is -0.383 e. The van der Waals surface area contributed by atoms with Gasteiger partial charge in [-0.05, 0) is 36.0 Å². The van der Waals surface area contributed by atoms with Crippen molar-refractivity contribution in [3.8, 4) is 0 Å². The maximum Gasteiger partial charge on any atom is 0.325 e. The molecule has 2 aromatic carbocycles. The molecule has 0 unspecified atom stereocenters. The average Bonchev–Trinajstić information content (AvgIpc) is 3.02. The molecule has 4 rings (SSSR count). The number of urea groups is 1. The number of fused-ring (bicyclic) bond motifs is 2. The summed E-state index contributed by atoms with van der Waals surface area (Å²) in [5.41, 5.74) is 1.82. The molecule has 1 aliphatic carbocycles. The molecule has 7 heteroatoms. The standard InChI is InChI=1S/C24H27N3O4/c1-31-15-14-26(16-18-8-3-2-4-9-18)21(28)17-27-22(29)24(25-23(27)30)13-7-11-19-10-5-6-12-20(19)24/h2-6,8-10,12H,7,11,13-17H2,1H3,(H,25,30)/t24-/m1/s1. The van der Waals surface area contributed by atoms with E-state index >= 15 is 0 Å². The number of nitrogens with one attached hydrogen (secondary N) is 1. The first-order valence-corrected chi connectivity index (χ1v) is 10.6. The van der Waals surface area contributed by atoms with E-state index in [1.807, 2.05) is 54.6 Å². The Morgan fingerprint density at radius 3 is 2.65 bits per heavy atom. The van der Waals surface area contributed by atoms with Crippen molar-refractivity contribution in [2.45, 2.75) is 31.3 Å². The summed E-state index contributed by atoms with van der Waals surface area (Å²) in [6.07, 6.45) is 2.22. The van der Waals surface area contributed by atoms with E-state index in [0.717, 1.165) is 34.4 Å². The van der Waals surface area contributed by atoms with Gasteiger partial charge in [-0.2, -0.15) is 0 Å². The minimum atomic E-state index is -1.07. The van der Waals surface area contributed by atoms with Crippen LogP contribution in [0.3, 0.4) is 0 Å². The molecule has 1 N–H and O–H groups in total. The Balaban J connectivity index is 1.53. The van der Waals surface area contributed by atoms with Crippen LogP contribution in [0.2, 0.25) is 0 Å². The molecule has 1 heterocycles. The Morgan fingerprint density at radius 1 is 1.13 bits per heavy atom. The SMILES string of the molecule is COCCN(Cc1ccccc1)C(=O)CN1C(=O)N[C@@]2(CCCc3ccccc32)C1=O. The van der Waals surface area contributed by atoms with Crippen molar-refractivity contribution in [3.63, 3.8) is 0 Å². The van der Waals surface area contributed by atoms with Gasteiger partial charge in [0.1, 0.15) is 12.1 Å². The van der Waals surface area contributed by atoms with Gasteiger partial charge in [-0.1, -0.05) is 54.6 Å². The second kappa shape index (κ2) is 8.89. The molecule has 1 spiro atoms. The quantitative estimate of drug-likeness (QED) is 0.697. The number of carbonyl (C=O) groups is 3. The predicted molar refractivity (Wildman–Crippen MR) is 115 cm³/mol. The number of benzene rings is 2. The zero-order chi connectivity index (χ0) is 21.8. The fraction of sp³-hybridized carbons (Fsp3) is 0.375. The first-order chi connectivity index (χ1) is 15.0. The van der Waals surface area contributed by atoms with E-state index in [4.69, 9.17) is 4.74 Å². The van der Waals surface area contributed by atoms with Crippen LogP contribution >= 0.6 is 0 Å². The first-order valence-electron chi connectivity index (χ1n) is 10.6. The van der Waals surface area contributed by atoms with Gasteiger partial charge in [0.05, 0.1) is 6.61 Å². The molecule has 1 aliphatic heterocycles. The van der Waals surface area contributed by atoms with E-state index in [1.165, 1.54) is 0 Å². The van der Waals surface area contributed by atoms with Crippen molar-refractivity contribution in [2.75, 3.05) is 26.8 Å². The van der Waals surface area contributed by atoms with Crippen LogP contribution in [0.15, 0.2) is 54.6 Å². The number of ether oxygens (including phenoxy) is 1. The Hall–Kier alpha value is -3.19. The van der Waals surface area contributed by atoms with Crippen molar-refractivity contribution < 1.29 is 19.1 Å². The number of aryl methyl sites for hydroxylation is 1. The summed E-state index contributed by atoms with van der Waals surface area (Å²) in [5, 5.41) is 2.90. The molecule has 7 nitrogen and oxygen atoms in total. The highest BCUT2D eigenvalue weighted by Gasteiger charge is 2.54. The maximum absolute atomic E-state index is 13.4. The number of methoxy groups -OCH3 is 1. The second-order valence-corrected chi connectivity index (χ2v) is 8.03. The van der Waals surface area contributed by atoms with Gasteiger partial charge in [0, 0.05) is 20.2 Å². The fourth-order valence-corrected chi connectivity index (χ4v) is 4.49. The van der Waals surface area contributed by atoms with Gasteiger partial charge in [-0.3, -0.25) is 14.5 Å². The molecule has 1 saturated heterocycles. The second-order valence-electron chi connectivity index (χ2n) is 8.03. The van der Waals surface area contributed by atoms with Crippen molar-refractivity contribution in [1.29, 1.82) is 0 Å².